The maximum absolute atomic E-state index is 11.5. The molecule has 3 heteroatoms. The van der Waals surface area contributed by atoms with Crippen molar-refractivity contribution in [1.82, 2.24) is 4.98 Å². The van der Waals surface area contributed by atoms with Gasteiger partial charge in [0.15, 0.2) is 0 Å². The first-order valence-electron chi connectivity index (χ1n) is 4.53. The summed E-state index contributed by atoms with van der Waals surface area (Å²) in [5.41, 5.74) is 1.13. The largest absolute Gasteiger partial charge is 0.328 e. The first kappa shape index (κ1) is 9.46. The molecule has 72 valence electrons. The van der Waals surface area contributed by atoms with Gasteiger partial charge in [-0.1, -0.05) is 28.9 Å². The van der Waals surface area contributed by atoms with Crippen molar-refractivity contribution >= 4 is 26.7 Å². The number of aromatic amines is 1. The standard InChI is InChI=1S/C11H10BrNO/c1-2-7-6-13-11(14)8-4-3-5-9(12)10(7)8/h3-6H,2H2,1H3,(H,13,14). The van der Waals surface area contributed by atoms with Crippen molar-refractivity contribution in [3.8, 4) is 0 Å². The number of halogens is 1. The highest BCUT2D eigenvalue weighted by Gasteiger charge is 2.05. The molecule has 1 heterocycles. The minimum Gasteiger partial charge on any atom is -0.328 e. The molecule has 2 rings (SSSR count). The fourth-order valence-electron chi connectivity index (χ4n) is 1.62. The molecule has 0 radical (unpaired) electrons. The molecule has 0 saturated heterocycles. The number of hydrogen-bond acceptors (Lipinski definition) is 1. The third-order valence-electron chi connectivity index (χ3n) is 2.34. The summed E-state index contributed by atoms with van der Waals surface area (Å²) >= 11 is 3.47. The van der Waals surface area contributed by atoms with Crippen LogP contribution in [0.15, 0.2) is 33.7 Å². The number of aryl methyl sites for hydroxylation is 1. The first-order valence-corrected chi connectivity index (χ1v) is 5.32. The molecule has 0 atom stereocenters. The second-order valence-corrected chi connectivity index (χ2v) is 4.01. The van der Waals surface area contributed by atoms with Crippen LogP contribution >= 0.6 is 15.9 Å². The minimum absolute atomic E-state index is 0.0292. The Balaban J connectivity index is 3.00. The molecule has 2 aromatic rings. The van der Waals surface area contributed by atoms with Crippen molar-refractivity contribution in [1.29, 1.82) is 0 Å². The zero-order valence-electron chi connectivity index (χ0n) is 7.80. The maximum atomic E-state index is 11.5. The van der Waals surface area contributed by atoms with Gasteiger partial charge in [-0.25, -0.2) is 0 Å². The molecule has 0 aliphatic heterocycles. The topological polar surface area (TPSA) is 32.9 Å². The Bertz CT molecular complexity index is 530. The molecule has 14 heavy (non-hydrogen) atoms. The van der Waals surface area contributed by atoms with Gasteiger partial charge >= 0.3 is 0 Å². The number of H-pyrrole nitrogens is 1. The quantitative estimate of drug-likeness (QED) is 0.831. The summed E-state index contributed by atoms with van der Waals surface area (Å²) in [5, 5.41) is 1.78. The van der Waals surface area contributed by atoms with Crippen molar-refractivity contribution in [2.75, 3.05) is 0 Å². The summed E-state index contributed by atoms with van der Waals surface area (Å²) < 4.78 is 0.984. The van der Waals surface area contributed by atoms with Gasteiger partial charge < -0.3 is 4.98 Å². The van der Waals surface area contributed by atoms with Gasteiger partial charge in [0.25, 0.3) is 5.56 Å². The highest BCUT2D eigenvalue weighted by atomic mass is 79.9. The van der Waals surface area contributed by atoms with Crippen LogP contribution < -0.4 is 5.56 Å². The normalized spacial score (nSPS) is 10.7. The van der Waals surface area contributed by atoms with E-state index in [-0.39, 0.29) is 5.56 Å². The molecule has 0 saturated carbocycles. The zero-order valence-corrected chi connectivity index (χ0v) is 9.39. The van der Waals surface area contributed by atoms with E-state index >= 15 is 0 Å². The van der Waals surface area contributed by atoms with Crippen LogP contribution in [-0.4, -0.2) is 4.98 Å². The number of aromatic nitrogens is 1. The van der Waals surface area contributed by atoms with Gasteiger partial charge in [-0.2, -0.15) is 0 Å². The number of pyridine rings is 1. The Morgan fingerprint density at radius 2 is 2.21 bits per heavy atom. The van der Waals surface area contributed by atoms with E-state index in [1.165, 1.54) is 0 Å². The van der Waals surface area contributed by atoms with E-state index in [0.29, 0.717) is 0 Å². The molecule has 1 aromatic carbocycles. The maximum Gasteiger partial charge on any atom is 0.255 e. The second-order valence-electron chi connectivity index (χ2n) is 3.16. The minimum atomic E-state index is -0.0292. The van der Waals surface area contributed by atoms with E-state index in [2.05, 4.69) is 27.8 Å². The van der Waals surface area contributed by atoms with E-state index in [1.54, 1.807) is 6.20 Å². The van der Waals surface area contributed by atoms with Crippen LogP contribution in [0.1, 0.15) is 12.5 Å². The highest BCUT2D eigenvalue weighted by Crippen LogP contribution is 2.24. The van der Waals surface area contributed by atoms with Crippen molar-refractivity contribution in [2.45, 2.75) is 13.3 Å². The fraction of sp³-hybridized carbons (Fsp3) is 0.182. The zero-order chi connectivity index (χ0) is 10.1. The summed E-state index contributed by atoms with van der Waals surface area (Å²) in [7, 11) is 0. The van der Waals surface area contributed by atoms with Gasteiger partial charge in [0.2, 0.25) is 0 Å². The van der Waals surface area contributed by atoms with Crippen LogP contribution in [0, 0.1) is 0 Å². The van der Waals surface area contributed by atoms with Gasteiger partial charge in [0, 0.05) is 21.4 Å². The molecule has 1 N–H and O–H groups in total. The molecule has 0 aliphatic rings. The number of benzene rings is 1. The van der Waals surface area contributed by atoms with Crippen LogP contribution in [0.2, 0.25) is 0 Å². The van der Waals surface area contributed by atoms with Gasteiger partial charge in [-0.15, -0.1) is 0 Å². The molecule has 0 unspecified atom stereocenters. The number of fused-ring (bicyclic) bond motifs is 1. The van der Waals surface area contributed by atoms with Crippen LogP contribution in [0.5, 0.6) is 0 Å². The lowest BCUT2D eigenvalue weighted by atomic mass is 10.1. The predicted octanol–water partition coefficient (Wildman–Crippen LogP) is 2.85. The van der Waals surface area contributed by atoms with E-state index in [1.807, 2.05) is 18.2 Å². The summed E-state index contributed by atoms with van der Waals surface area (Å²) in [6.07, 6.45) is 2.70. The Kier molecular flexibility index (Phi) is 2.42. The van der Waals surface area contributed by atoms with Crippen molar-refractivity contribution < 1.29 is 0 Å². The SMILES string of the molecule is CCc1c[nH]c(=O)c2cccc(Br)c12. The fourth-order valence-corrected chi connectivity index (χ4v) is 2.24. The van der Waals surface area contributed by atoms with Crippen molar-refractivity contribution in [3.63, 3.8) is 0 Å². The lowest BCUT2D eigenvalue weighted by Crippen LogP contribution is -2.07. The van der Waals surface area contributed by atoms with Crippen LogP contribution in [0.3, 0.4) is 0 Å². The molecular weight excluding hydrogens is 242 g/mol. The lowest BCUT2D eigenvalue weighted by molar-refractivity contribution is 1.11. The summed E-state index contributed by atoms with van der Waals surface area (Å²) in [4.78, 5) is 14.3. The average molecular weight is 252 g/mol. The van der Waals surface area contributed by atoms with E-state index < -0.39 is 0 Å². The number of rotatable bonds is 1. The van der Waals surface area contributed by atoms with Crippen molar-refractivity contribution in [3.05, 3.63) is 44.8 Å². The number of hydrogen-bond donors (Lipinski definition) is 1. The number of nitrogens with one attached hydrogen (secondary N) is 1. The predicted molar refractivity (Wildman–Crippen MR) is 61.6 cm³/mol. The summed E-state index contributed by atoms with van der Waals surface area (Å²) in [5.74, 6) is 0. The van der Waals surface area contributed by atoms with Crippen LogP contribution in [0.25, 0.3) is 10.8 Å². The van der Waals surface area contributed by atoms with E-state index in [4.69, 9.17) is 0 Å². The summed E-state index contributed by atoms with van der Waals surface area (Å²) in [6.45, 7) is 2.08. The Morgan fingerprint density at radius 3 is 2.93 bits per heavy atom. The van der Waals surface area contributed by atoms with Crippen LogP contribution in [0.4, 0.5) is 0 Å². The van der Waals surface area contributed by atoms with Crippen molar-refractivity contribution in [2.24, 2.45) is 0 Å². The van der Waals surface area contributed by atoms with Gasteiger partial charge in [-0.3, -0.25) is 4.79 Å². The van der Waals surface area contributed by atoms with Crippen LogP contribution in [-0.2, 0) is 6.42 Å². The first-order chi connectivity index (χ1) is 6.74. The molecular formula is C11H10BrNO. The monoisotopic (exact) mass is 251 g/mol. The van der Waals surface area contributed by atoms with Gasteiger partial charge in [0.1, 0.15) is 0 Å². The summed E-state index contributed by atoms with van der Waals surface area (Å²) in [6, 6.07) is 5.68. The highest BCUT2D eigenvalue weighted by molar-refractivity contribution is 9.10. The van der Waals surface area contributed by atoms with E-state index in [0.717, 1.165) is 27.2 Å². The van der Waals surface area contributed by atoms with E-state index in [9.17, 15) is 4.79 Å². The molecule has 0 aliphatic carbocycles. The Morgan fingerprint density at radius 1 is 1.43 bits per heavy atom. The average Bonchev–Trinajstić information content (AvgIpc) is 2.20. The molecule has 1 aromatic heterocycles. The molecule has 0 amide bonds. The Labute approximate surface area is 90.1 Å². The molecule has 0 bridgehead atoms. The van der Waals surface area contributed by atoms with Gasteiger partial charge in [0.05, 0.1) is 0 Å². The smallest absolute Gasteiger partial charge is 0.255 e. The second kappa shape index (κ2) is 3.58. The third-order valence-corrected chi connectivity index (χ3v) is 3.00. The van der Waals surface area contributed by atoms with Gasteiger partial charge in [-0.05, 0) is 24.1 Å². The molecule has 0 spiro atoms. The molecule has 0 fully saturated rings. The lowest BCUT2D eigenvalue weighted by Gasteiger charge is -2.04. The molecule has 2 nitrogen and oxygen atoms in total. The Hall–Kier alpha value is -1.09. The third kappa shape index (κ3) is 1.38.